The fourth-order valence-corrected chi connectivity index (χ4v) is 2.70. The molecule has 0 heterocycles. The molecule has 0 saturated carbocycles. The molecule has 0 fully saturated rings. The van der Waals surface area contributed by atoms with E-state index in [1.807, 2.05) is 6.92 Å². The first kappa shape index (κ1) is 14.7. The van der Waals surface area contributed by atoms with Gasteiger partial charge < -0.3 is 0 Å². The van der Waals surface area contributed by atoms with Gasteiger partial charge in [-0.15, -0.1) is 0 Å². The first-order valence-corrected chi connectivity index (χ1v) is 7.40. The average molecular weight is 318 g/mol. The molecule has 0 aliphatic heterocycles. The fraction of sp³-hybridized carbons (Fsp3) is 0.0769. The summed E-state index contributed by atoms with van der Waals surface area (Å²) in [5, 5.41) is -0.678. The smallest absolute Gasteiger partial charge is 0.261 e. The molecule has 2 rings (SSSR count). The quantitative estimate of drug-likeness (QED) is 0.877. The lowest BCUT2D eigenvalue weighted by molar-refractivity contribution is 0.585. The van der Waals surface area contributed by atoms with Crippen LogP contribution in [-0.2, 0) is 10.0 Å². The highest BCUT2D eigenvalue weighted by molar-refractivity contribution is 7.92. The van der Waals surface area contributed by atoms with Crippen molar-refractivity contribution in [3.8, 4) is 0 Å². The van der Waals surface area contributed by atoms with Crippen molar-refractivity contribution in [1.82, 2.24) is 0 Å². The number of rotatable bonds is 3. The number of hydrogen-bond acceptors (Lipinski definition) is 2. The molecule has 0 radical (unpaired) electrons. The molecule has 2 aromatic carbocycles. The first-order chi connectivity index (χ1) is 9.29. The first-order valence-electron chi connectivity index (χ1n) is 5.53. The Morgan fingerprint density at radius 1 is 1.05 bits per heavy atom. The van der Waals surface area contributed by atoms with Crippen LogP contribution in [0.25, 0.3) is 0 Å². The molecule has 7 heteroatoms. The van der Waals surface area contributed by atoms with Crippen LogP contribution in [0.3, 0.4) is 0 Å². The van der Waals surface area contributed by atoms with Gasteiger partial charge in [-0.05, 0) is 31.2 Å². The molecule has 0 spiro atoms. The van der Waals surface area contributed by atoms with E-state index in [1.54, 1.807) is 12.1 Å². The summed E-state index contributed by atoms with van der Waals surface area (Å²) in [5.74, 6) is -2.07. The Hall–Kier alpha value is -1.66. The standard InChI is InChI=1S/C13H10ClF2NO2S/c1-8-2-4-10(5-3-8)20(18,19)17-9-6-11(15)13(14)12(16)7-9/h2-7,17H,1H3. The van der Waals surface area contributed by atoms with Crippen molar-refractivity contribution in [2.75, 3.05) is 4.72 Å². The summed E-state index contributed by atoms with van der Waals surface area (Å²) in [6.45, 7) is 1.81. The Balaban J connectivity index is 2.36. The molecule has 2 aromatic rings. The highest BCUT2D eigenvalue weighted by atomic mass is 35.5. The van der Waals surface area contributed by atoms with E-state index in [4.69, 9.17) is 11.6 Å². The lowest BCUT2D eigenvalue weighted by atomic mass is 10.2. The van der Waals surface area contributed by atoms with Crippen LogP contribution in [0.2, 0.25) is 5.02 Å². The molecule has 0 aliphatic rings. The minimum Gasteiger partial charge on any atom is -0.279 e. The number of benzene rings is 2. The van der Waals surface area contributed by atoms with Crippen LogP contribution in [0.5, 0.6) is 0 Å². The lowest BCUT2D eigenvalue weighted by Gasteiger charge is -2.09. The molecule has 0 unspecified atom stereocenters. The number of nitrogens with one attached hydrogen (secondary N) is 1. The molecule has 1 N–H and O–H groups in total. The van der Waals surface area contributed by atoms with E-state index >= 15 is 0 Å². The number of anilines is 1. The van der Waals surface area contributed by atoms with Crippen molar-refractivity contribution in [2.45, 2.75) is 11.8 Å². The maximum atomic E-state index is 13.3. The Morgan fingerprint density at radius 2 is 1.55 bits per heavy atom. The summed E-state index contributed by atoms with van der Waals surface area (Å²) in [7, 11) is -3.90. The van der Waals surface area contributed by atoms with E-state index in [0.717, 1.165) is 17.7 Å². The van der Waals surface area contributed by atoms with Gasteiger partial charge in [-0.2, -0.15) is 0 Å². The van der Waals surface area contributed by atoms with Crippen LogP contribution < -0.4 is 4.72 Å². The molecule has 0 aliphatic carbocycles. The van der Waals surface area contributed by atoms with Crippen LogP contribution in [-0.4, -0.2) is 8.42 Å². The van der Waals surface area contributed by atoms with Gasteiger partial charge in [0.05, 0.1) is 10.6 Å². The second kappa shape index (κ2) is 5.38. The lowest BCUT2D eigenvalue weighted by Crippen LogP contribution is -2.13. The van der Waals surface area contributed by atoms with E-state index in [-0.39, 0.29) is 10.6 Å². The normalized spacial score (nSPS) is 11.4. The van der Waals surface area contributed by atoms with Crippen molar-refractivity contribution in [3.05, 3.63) is 58.6 Å². The number of sulfonamides is 1. The Bertz CT molecular complexity index is 722. The average Bonchev–Trinajstić information content (AvgIpc) is 2.36. The maximum Gasteiger partial charge on any atom is 0.261 e. The predicted octanol–water partition coefficient (Wildman–Crippen LogP) is 3.73. The van der Waals surface area contributed by atoms with Gasteiger partial charge in [0, 0.05) is 0 Å². The van der Waals surface area contributed by atoms with Gasteiger partial charge in [0.25, 0.3) is 10.0 Å². The van der Waals surface area contributed by atoms with Crippen LogP contribution in [0, 0.1) is 18.6 Å². The van der Waals surface area contributed by atoms with Gasteiger partial charge in [-0.3, -0.25) is 4.72 Å². The van der Waals surface area contributed by atoms with Gasteiger partial charge in [0.1, 0.15) is 16.7 Å². The third kappa shape index (κ3) is 3.08. The van der Waals surface area contributed by atoms with Crippen molar-refractivity contribution in [1.29, 1.82) is 0 Å². The van der Waals surface area contributed by atoms with E-state index in [9.17, 15) is 17.2 Å². The van der Waals surface area contributed by atoms with E-state index < -0.39 is 26.7 Å². The minimum atomic E-state index is -3.90. The number of halogens is 3. The largest absolute Gasteiger partial charge is 0.279 e. The van der Waals surface area contributed by atoms with E-state index in [1.165, 1.54) is 12.1 Å². The van der Waals surface area contributed by atoms with Crippen LogP contribution >= 0.6 is 11.6 Å². The van der Waals surface area contributed by atoms with Gasteiger partial charge in [-0.1, -0.05) is 29.3 Å². The zero-order valence-corrected chi connectivity index (χ0v) is 11.9. The molecular weight excluding hydrogens is 308 g/mol. The molecule has 0 amide bonds. The van der Waals surface area contributed by atoms with Crippen molar-refractivity contribution < 1.29 is 17.2 Å². The molecule has 20 heavy (non-hydrogen) atoms. The number of aryl methyl sites for hydroxylation is 1. The molecule has 0 saturated heterocycles. The second-order valence-electron chi connectivity index (χ2n) is 4.17. The topological polar surface area (TPSA) is 46.2 Å². The Kier molecular flexibility index (Phi) is 3.96. The summed E-state index contributed by atoms with van der Waals surface area (Å²) in [6, 6.07) is 7.68. The second-order valence-corrected chi connectivity index (χ2v) is 6.23. The number of hydrogen-bond donors (Lipinski definition) is 1. The third-order valence-electron chi connectivity index (χ3n) is 2.57. The SMILES string of the molecule is Cc1ccc(S(=O)(=O)Nc2cc(F)c(Cl)c(F)c2)cc1. The summed E-state index contributed by atoms with van der Waals surface area (Å²) in [6.07, 6.45) is 0. The summed E-state index contributed by atoms with van der Waals surface area (Å²) < 4.78 is 52.7. The zero-order chi connectivity index (χ0) is 14.9. The minimum absolute atomic E-state index is 0.00105. The molecule has 3 nitrogen and oxygen atoms in total. The van der Waals surface area contributed by atoms with Gasteiger partial charge in [-0.25, -0.2) is 17.2 Å². The van der Waals surface area contributed by atoms with Crippen LogP contribution in [0.15, 0.2) is 41.3 Å². The monoisotopic (exact) mass is 317 g/mol. The van der Waals surface area contributed by atoms with E-state index in [2.05, 4.69) is 4.72 Å². The molecule has 106 valence electrons. The summed E-state index contributed by atoms with van der Waals surface area (Å²) in [4.78, 5) is -0.00105. The van der Waals surface area contributed by atoms with Crippen molar-refractivity contribution in [2.24, 2.45) is 0 Å². The van der Waals surface area contributed by atoms with Gasteiger partial charge in [0.15, 0.2) is 0 Å². The van der Waals surface area contributed by atoms with Gasteiger partial charge >= 0.3 is 0 Å². The third-order valence-corrected chi connectivity index (χ3v) is 4.33. The highest BCUT2D eigenvalue weighted by Crippen LogP contribution is 2.25. The van der Waals surface area contributed by atoms with Crippen molar-refractivity contribution in [3.63, 3.8) is 0 Å². The zero-order valence-electron chi connectivity index (χ0n) is 10.3. The predicted molar refractivity (Wildman–Crippen MR) is 73.4 cm³/mol. The molecule has 0 bridgehead atoms. The summed E-state index contributed by atoms with van der Waals surface area (Å²) in [5.41, 5.74) is 0.664. The Labute approximate surface area is 120 Å². The summed E-state index contributed by atoms with van der Waals surface area (Å²) >= 11 is 5.33. The van der Waals surface area contributed by atoms with Crippen molar-refractivity contribution >= 4 is 27.3 Å². The molecular formula is C13H10ClF2NO2S. The van der Waals surface area contributed by atoms with Crippen LogP contribution in [0.1, 0.15) is 5.56 Å². The Morgan fingerprint density at radius 3 is 2.05 bits per heavy atom. The maximum absolute atomic E-state index is 13.3. The molecule has 0 aromatic heterocycles. The molecule has 0 atom stereocenters. The van der Waals surface area contributed by atoms with E-state index in [0.29, 0.717) is 0 Å². The fourth-order valence-electron chi connectivity index (χ4n) is 1.55. The highest BCUT2D eigenvalue weighted by Gasteiger charge is 2.16. The van der Waals surface area contributed by atoms with Crippen LogP contribution in [0.4, 0.5) is 14.5 Å². The van der Waals surface area contributed by atoms with Gasteiger partial charge in [0.2, 0.25) is 0 Å².